The van der Waals surface area contributed by atoms with Crippen molar-refractivity contribution in [3.8, 4) is 12.1 Å². The van der Waals surface area contributed by atoms with Crippen molar-refractivity contribution in [2.24, 2.45) is 0 Å². The van der Waals surface area contributed by atoms with E-state index in [9.17, 15) is 4.79 Å². The number of carboxylic acid groups (broad SMARTS) is 1. The molecular formula is C7H8N2O4. The average molecular weight is 184 g/mol. The Morgan fingerprint density at radius 2 is 1.77 bits per heavy atom. The summed E-state index contributed by atoms with van der Waals surface area (Å²) in [6, 6.07) is 2.78. The lowest BCUT2D eigenvalue weighted by molar-refractivity contribution is -0.132. The number of hydrogen-bond donors (Lipinski definition) is 3. The quantitative estimate of drug-likeness (QED) is 0.374. The van der Waals surface area contributed by atoms with E-state index in [2.05, 4.69) is 0 Å². The van der Waals surface area contributed by atoms with Crippen molar-refractivity contribution in [3.63, 3.8) is 0 Å². The highest BCUT2D eigenvalue weighted by molar-refractivity contribution is 5.91. The Morgan fingerprint density at radius 1 is 1.31 bits per heavy atom. The lowest BCUT2D eigenvalue weighted by Gasteiger charge is -1.79. The van der Waals surface area contributed by atoms with Crippen molar-refractivity contribution in [1.82, 2.24) is 0 Å². The summed E-state index contributed by atoms with van der Waals surface area (Å²) in [5, 5.41) is 39.2. The van der Waals surface area contributed by atoms with Crippen molar-refractivity contribution >= 4 is 5.97 Å². The molecule has 70 valence electrons. The Balaban J connectivity index is 0. The molecule has 0 aliphatic heterocycles. The second kappa shape index (κ2) is 10.1. The zero-order valence-electron chi connectivity index (χ0n) is 6.64. The van der Waals surface area contributed by atoms with E-state index in [1.165, 1.54) is 12.1 Å². The molecule has 6 nitrogen and oxygen atoms in total. The molecule has 0 amide bonds. The molecule has 0 aromatic carbocycles. The van der Waals surface area contributed by atoms with E-state index in [0.29, 0.717) is 6.08 Å². The van der Waals surface area contributed by atoms with E-state index in [1.54, 1.807) is 0 Å². The van der Waals surface area contributed by atoms with Crippen molar-refractivity contribution in [1.29, 1.82) is 10.5 Å². The highest BCUT2D eigenvalue weighted by Gasteiger charge is 2.02. The van der Waals surface area contributed by atoms with Gasteiger partial charge >= 0.3 is 5.97 Å². The molecule has 0 bridgehead atoms. The summed E-state index contributed by atoms with van der Waals surface area (Å²) in [7, 11) is 0. The topological polar surface area (TPSA) is 125 Å². The molecule has 0 heterocycles. The third-order valence-electron chi connectivity index (χ3n) is 0.660. The van der Waals surface area contributed by atoms with Crippen LogP contribution in [0.2, 0.25) is 0 Å². The number of hydrogen-bond acceptors (Lipinski definition) is 5. The van der Waals surface area contributed by atoms with Gasteiger partial charge in [-0.05, 0) is 0 Å². The van der Waals surface area contributed by atoms with Gasteiger partial charge in [-0.1, -0.05) is 0 Å². The third kappa shape index (κ3) is 10.1. The Bertz CT molecular complexity index is 257. The summed E-state index contributed by atoms with van der Waals surface area (Å²) in [6.45, 7) is -0.250. The van der Waals surface area contributed by atoms with E-state index in [4.69, 9.17) is 25.8 Å². The average Bonchev–Trinajstić information content (AvgIpc) is 2.14. The number of rotatable bonds is 2. The van der Waals surface area contributed by atoms with E-state index in [-0.39, 0.29) is 13.2 Å². The zero-order chi connectivity index (χ0) is 10.7. The summed E-state index contributed by atoms with van der Waals surface area (Å²) < 4.78 is 0. The monoisotopic (exact) mass is 184 g/mol. The molecule has 13 heavy (non-hydrogen) atoms. The Labute approximate surface area is 74.6 Å². The van der Waals surface area contributed by atoms with Crippen LogP contribution in [0.25, 0.3) is 0 Å². The van der Waals surface area contributed by atoms with Crippen molar-refractivity contribution < 1.29 is 20.1 Å². The van der Waals surface area contributed by atoms with Crippen LogP contribution in [0.5, 0.6) is 0 Å². The predicted molar refractivity (Wildman–Crippen MR) is 41.1 cm³/mol. The predicted octanol–water partition coefficient (Wildman–Crippen LogP) is -0.984. The molecule has 0 aliphatic carbocycles. The molecule has 0 radical (unpaired) electrons. The highest BCUT2D eigenvalue weighted by atomic mass is 16.4. The summed E-state index contributed by atoms with van der Waals surface area (Å²) in [5.74, 6) is -1.38. The summed E-state index contributed by atoms with van der Waals surface area (Å²) in [6.07, 6.45) is 0.683. The van der Waals surface area contributed by atoms with Gasteiger partial charge in [0.05, 0.1) is 19.3 Å². The maximum absolute atomic E-state index is 9.88. The van der Waals surface area contributed by atoms with Crippen LogP contribution in [0.3, 0.4) is 0 Å². The molecule has 0 atom stereocenters. The number of aliphatic hydroxyl groups is 2. The summed E-state index contributed by atoms with van der Waals surface area (Å²) in [5.41, 5.74) is -0.544. The fraction of sp³-hybridized carbons (Fsp3) is 0.286. The van der Waals surface area contributed by atoms with Gasteiger partial charge in [0.25, 0.3) is 0 Å². The van der Waals surface area contributed by atoms with Crippen LogP contribution >= 0.6 is 0 Å². The Kier molecular flexibility index (Phi) is 10.6. The van der Waals surface area contributed by atoms with Gasteiger partial charge in [-0.15, -0.1) is 0 Å². The van der Waals surface area contributed by atoms with E-state index >= 15 is 0 Å². The molecule has 0 aliphatic rings. The van der Waals surface area contributed by atoms with Gasteiger partial charge < -0.3 is 15.3 Å². The highest BCUT2D eigenvalue weighted by Crippen LogP contribution is 1.88. The minimum absolute atomic E-state index is 0.125. The SMILES string of the molecule is N#CC=C(C#N)C(=O)O.OCCO. The van der Waals surface area contributed by atoms with Gasteiger partial charge in [-0.2, -0.15) is 10.5 Å². The first-order chi connectivity index (χ1) is 6.13. The maximum Gasteiger partial charge on any atom is 0.347 e. The maximum atomic E-state index is 9.88. The molecule has 0 rings (SSSR count). The largest absolute Gasteiger partial charge is 0.477 e. The Morgan fingerprint density at radius 3 is 1.85 bits per heavy atom. The molecule has 6 heteroatoms. The van der Waals surface area contributed by atoms with Crippen molar-refractivity contribution in [2.75, 3.05) is 13.2 Å². The van der Waals surface area contributed by atoms with E-state index in [1.807, 2.05) is 0 Å². The van der Waals surface area contributed by atoms with Crippen LogP contribution in [0, 0.1) is 22.7 Å². The van der Waals surface area contributed by atoms with Crippen LogP contribution < -0.4 is 0 Å². The van der Waals surface area contributed by atoms with Crippen LogP contribution in [0.1, 0.15) is 0 Å². The number of allylic oxidation sites excluding steroid dienone is 1. The lowest BCUT2D eigenvalue weighted by atomic mass is 10.3. The summed E-state index contributed by atoms with van der Waals surface area (Å²) >= 11 is 0. The normalized spacial score (nSPS) is 8.77. The lowest BCUT2D eigenvalue weighted by Crippen LogP contribution is -1.96. The molecule has 0 aromatic rings. The van der Waals surface area contributed by atoms with Crippen LogP contribution in [0.15, 0.2) is 11.6 Å². The van der Waals surface area contributed by atoms with E-state index < -0.39 is 11.5 Å². The number of carboxylic acids is 1. The van der Waals surface area contributed by atoms with Crippen molar-refractivity contribution in [2.45, 2.75) is 0 Å². The summed E-state index contributed by atoms with van der Waals surface area (Å²) in [4.78, 5) is 9.88. The fourth-order valence-electron chi connectivity index (χ4n) is 0.206. The third-order valence-corrected chi connectivity index (χ3v) is 0.660. The molecule has 0 unspecified atom stereocenters. The van der Waals surface area contributed by atoms with Crippen LogP contribution in [0.4, 0.5) is 0 Å². The fourth-order valence-corrected chi connectivity index (χ4v) is 0.206. The second-order valence-electron chi connectivity index (χ2n) is 1.55. The van der Waals surface area contributed by atoms with E-state index in [0.717, 1.165) is 0 Å². The van der Waals surface area contributed by atoms with Crippen LogP contribution in [-0.4, -0.2) is 34.5 Å². The number of nitriles is 2. The first-order valence-corrected chi connectivity index (χ1v) is 3.08. The zero-order valence-corrected chi connectivity index (χ0v) is 6.64. The number of carbonyl (C=O) groups is 1. The number of aliphatic carboxylic acids is 1. The smallest absolute Gasteiger partial charge is 0.347 e. The minimum Gasteiger partial charge on any atom is -0.477 e. The van der Waals surface area contributed by atoms with Crippen LogP contribution in [-0.2, 0) is 4.79 Å². The standard InChI is InChI=1S/C5H2N2O2.C2H6O2/c6-2-1-4(3-7)5(8)9;3-1-2-4/h1H,(H,8,9);3-4H,1-2H2. The van der Waals surface area contributed by atoms with Gasteiger partial charge in [0.1, 0.15) is 11.6 Å². The van der Waals surface area contributed by atoms with Gasteiger partial charge in [0.15, 0.2) is 0 Å². The Hall–Kier alpha value is -1.89. The first kappa shape index (κ1) is 13.7. The molecule has 0 spiro atoms. The number of aliphatic hydroxyl groups excluding tert-OH is 2. The van der Waals surface area contributed by atoms with Gasteiger partial charge in [-0.25, -0.2) is 4.79 Å². The molecule has 3 N–H and O–H groups in total. The van der Waals surface area contributed by atoms with Gasteiger partial charge in [0, 0.05) is 6.08 Å². The minimum atomic E-state index is -1.38. The van der Waals surface area contributed by atoms with Crippen molar-refractivity contribution in [3.05, 3.63) is 11.6 Å². The van der Waals surface area contributed by atoms with Gasteiger partial charge in [-0.3, -0.25) is 0 Å². The molecule has 0 fully saturated rings. The molecule has 0 aromatic heterocycles. The number of nitrogens with zero attached hydrogens (tertiary/aromatic N) is 2. The first-order valence-electron chi connectivity index (χ1n) is 3.08. The molecule has 0 saturated heterocycles. The molecular weight excluding hydrogens is 176 g/mol. The second-order valence-corrected chi connectivity index (χ2v) is 1.55. The molecule has 0 saturated carbocycles. The van der Waals surface area contributed by atoms with Gasteiger partial charge in [0.2, 0.25) is 0 Å².